The van der Waals surface area contributed by atoms with Crippen LogP contribution in [0.3, 0.4) is 0 Å². The third-order valence-electron chi connectivity index (χ3n) is 2.44. The maximum absolute atomic E-state index is 11.7. The number of nitrogens with zero attached hydrogens (tertiary/aromatic N) is 2. The van der Waals surface area contributed by atoms with Crippen LogP contribution in [0.5, 0.6) is 0 Å². The molecule has 0 saturated carbocycles. The predicted octanol–water partition coefficient (Wildman–Crippen LogP) is -1.70. The van der Waals surface area contributed by atoms with E-state index < -0.39 is 26.2 Å². The van der Waals surface area contributed by atoms with Gasteiger partial charge in [0.2, 0.25) is 10.0 Å². The molecule has 0 saturated heterocycles. The Morgan fingerprint density at radius 3 is 2.06 bits per heavy atom. The summed E-state index contributed by atoms with van der Waals surface area (Å²) in [6.07, 6.45) is 0. The standard InChI is InChI=1S/C8H13N3O4S/c1-5-6(16(14,15)9-2)7(12)11(4)8(13)10(5)3/h9H,1-4H3. The summed E-state index contributed by atoms with van der Waals surface area (Å²) in [6.45, 7) is 1.41. The van der Waals surface area contributed by atoms with Crippen LogP contribution in [0, 0.1) is 6.92 Å². The van der Waals surface area contributed by atoms with Crippen molar-refractivity contribution in [3.63, 3.8) is 0 Å². The van der Waals surface area contributed by atoms with Gasteiger partial charge in [0, 0.05) is 19.8 Å². The average molecular weight is 247 g/mol. The molecule has 0 aliphatic carbocycles. The Kier molecular flexibility index (Phi) is 3.06. The van der Waals surface area contributed by atoms with Crippen molar-refractivity contribution in [2.24, 2.45) is 14.1 Å². The van der Waals surface area contributed by atoms with E-state index in [-0.39, 0.29) is 5.69 Å². The van der Waals surface area contributed by atoms with E-state index in [1.807, 2.05) is 0 Å². The Labute approximate surface area is 92.4 Å². The van der Waals surface area contributed by atoms with Crippen molar-refractivity contribution in [1.29, 1.82) is 0 Å². The van der Waals surface area contributed by atoms with Gasteiger partial charge in [-0.3, -0.25) is 13.9 Å². The highest BCUT2D eigenvalue weighted by Crippen LogP contribution is 2.05. The van der Waals surface area contributed by atoms with E-state index in [2.05, 4.69) is 4.72 Å². The summed E-state index contributed by atoms with van der Waals surface area (Å²) >= 11 is 0. The maximum atomic E-state index is 11.7. The first-order chi connectivity index (χ1) is 7.24. The highest BCUT2D eigenvalue weighted by atomic mass is 32.2. The highest BCUT2D eigenvalue weighted by Gasteiger charge is 2.23. The van der Waals surface area contributed by atoms with Gasteiger partial charge >= 0.3 is 5.69 Å². The first-order valence-corrected chi connectivity index (χ1v) is 5.92. The second kappa shape index (κ2) is 3.87. The molecule has 0 aliphatic heterocycles. The monoisotopic (exact) mass is 247 g/mol. The van der Waals surface area contributed by atoms with Gasteiger partial charge < -0.3 is 0 Å². The van der Waals surface area contributed by atoms with Crippen LogP contribution in [-0.2, 0) is 24.1 Å². The number of nitrogens with one attached hydrogen (secondary N) is 1. The van der Waals surface area contributed by atoms with Crippen LogP contribution in [0.4, 0.5) is 0 Å². The van der Waals surface area contributed by atoms with Gasteiger partial charge in [-0.1, -0.05) is 0 Å². The number of hydrogen-bond donors (Lipinski definition) is 1. The van der Waals surface area contributed by atoms with Crippen LogP contribution in [0.2, 0.25) is 0 Å². The van der Waals surface area contributed by atoms with Crippen molar-refractivity contribution in [2.75, 3.05) is 7.05 Å². The largest absolute Gasteiger partial charge is 0.330 e. The molecule has 0 fully saturated rings. The Morgan fingerprint density at radius 1 is 1.12 bits per heavy atom. The van der Waals surface area contributed by atoms with E-state index in [0.29, 0.717) is 0 Å². The third-order valence-corrected chi connectivity index (χ3v) is 3.99. The van der Waals surface area contributed by atoms with Crippen molar-refractivity contribution in [2.45, 2.75) is 11.8 Å². The summed E-state index contributed by atoms with van der Waals surface area (Å²) in [6, 6.07) is 0. The molecule has 8 heteroatoms. The first-order valence-electron chi connectivity index (χ1n) is 4.44. The molecule has 0 unspecified atom stereocenters. The van der Waals surface area contributed by atoms with Crippen molar-refractivity contribution in [1.82, 2.24) is 13.9 Å². The van der Waals surface area contributed by atoms with E-state index >= 15 is 0 Å². The second-order valence-corrected chi connectivity index (χ2v) is 5.15. The van der Waals surface area contributed by atoms with Gasteiger partial charge in [0.25, 0.3) is 5.56 Å². The molecule has 1 aromatic heterocycles. The molecule has 1 heterocycles. The topological polar surface area (TPSA) is 90.2 Å². The lowest BCUT2D eigenvalue weighted by atomic mass is 10.4. The van der Waals surface area contributed by atoms with Crippen LogP contribution in [0.1, 0.15) is 5.69 Å². The van der Waals surface area contributed by atoms with Gasteiger partial charge in [0.1, 0.15) is 0 Å². The normalized spacial score (nSPS) is 11.8. The highest BCUT2D eigenvalue weighted by molar-refractivity contribution is 7.89. The molecule has 0 aliphatic rings. The van der Waals surface area contributed by atoms with Crippen LogP contribution in [-0.4, -0.2) is 24.6 Å². The Hall–Kier alpha value is -1.41. The maximum Gasteiger partial charge on any atom is 0.330 e. The fourth-order valence-electron chi connectivity index (χ4n) is 1.33. The van der Waals surface area contributed by atoms with Crippen molar-refractivity contribution >= 4 is 10.0 Å². The molecule has 0 atom stereocenters. The average Bonchev–Trinajstić information content (AvgIpc) is 2.23. The molecule has 1 N–H and O–H groups in total. The fraction of sp³-hybridized carbons (Fsp3) is 0.500. The zero-order valence-corrected chi connectivity index (χ0v) is 10.3. The van der Waals surface area contributed by atoms with Crippen molar-refractivity contribution < 1.29 is 8.42 Å². The Morgan fingerprint density at radius 2 is 1.62 bits per heavy atom. The third kappa shape index (κ3) is 1.69. The Balaban J connectivity index is 3.95. The zero-order valence-electron chi connectivity index (χ0n) is 9.44. The van der Waals surface area contributed by atoms with Gasteiger partial charge in [-0.2, -0.15) is 0 Å². The first kappa shape index (κ1) is 12.7. The summed E-state index contributed by atoms with van der Waals surface area (Å²) < 4.78 is 27.2. The van der Waals surface area contributed by atoms with E-state index in [9.17, 15) is 18.0 Å². The van der Waals surface area contributed by atoms with Gasteiger partial charge in [-0.25, -0.2) is 17.9 Å². The molecule has 0 aromatic carbocycles. The molecule has 16 heavy (non-hydrogen) atoms. The van der Waals surface area contributed by atoms with Crippen molar-refractivity contribution in [3.05, 3.63) is 26.5 Å². The molecule has 1 aromatic rings. The molecule has 0 radical (unpaired) electrons. The van der Waals surface area contributed by atoms with E-state index in [1.54, 1.807) is 0 Å². The molecule has 1 rings (SSSR count). The van der Waals surface area contributed by atoms with E-state index in [1.165, 1.54) is 28.1 Å². The molecule has 0 bridgehead atoms. The minimum atomic E-state index is -3.86. The zero-order chi connectivity index (χ0) is 12.7. The predicted molar refractivity (Wildman–Crippen MR) is 57.9 cm³/mol. The summed E-state index contributed by atoms with van der Waals surface area (Å²) in [7, 11) is -0.0133. The second-order valence-electron chi connectivity index (χ2n) is 3.33. The number of rotatable bonds is 2. The minimum absolute atomic E-state index is 0.113. The lowest BCUT2D eigenvalue weighted by molar-refractivity contribution is 0.572. The summed E-state index contributed by atoms with van der Waals surface area (Å²) in [5.74, 6) is 0. The van der Waals surface area contributed by atoms with Gasteiger partial charge in [-0.15, -0.1) is 0 Å². The molecule has 0 amide bonds. The quantitative estimate of drug-likeness (QED) is 0.674. The lowest BCUT2D eigenvalue weighted by Crippen LogP contribution is -2.42. The molecule has 90 valence electrons. The van der Waals surface area contributed by atoms with Gasteiger partial charge in [0.05, 0.1) is 0 Å². The number of sulfonamides is 1. The molecular formula is C8H13N3O4S. The summed E-state index contributed by atoms with van der Waals surface area (Å²) in [5.41, 5.74) is -1.27. The van der Waals surface area contributed by atoms with Crippen LogP contribution >= 0.6 is 0 Å². The minimum Gasteiger partial charge on any atom is -0.300 e. The number of hydrogen-bond acceptors (Lipinski definition) is 4. The Bertz CT molecular complexity index is 638. The van der Waals surface area contributed by atoms with Crippen molar-refractivity contribution in [3.8, 4) is 0 Å². The number of aromatic nitrogens is 2. The summed E-state index contributed by atoms with van der Waals surface area (Å²) in [4.78, 5) is 22.8. The molecule has 0 spiro atoms. The van der Waals surface area contributed by atoms with E-state index in [0.717, 1.165) is 9.13 Å². The van der Waals surface area contributed by atoms with Gasteiger partial charge in [0.15, 0.2) is 4.90 Å². The lowest BCUT2D eigenvalue weighted by Gasteiger charge is -2.11. The van der Waals surface area contributed by atoms with Crippen LogP contribution in [0.15, 0.2) is 14.5 Å². The van der Waals surface area contributed by atoms with E-state index in [4.69, 9.17) is 0 Å². The molecular weight excluding hydrogens is 234 g/mol. The molecule has 7 nitrogen and oxygen atoms in total. The fourth-order valence-corrected chi connectivity index (χ4v) is 2.42. The smallest absolute Gasteiger partial charge is 0.300 e. The van der Waals surface area contributed by atoms with Gasteiger partial charge in [-0.05, 0) is 14.0 Å². The van der Waals surface area contributed by atoms with Crippen LogP contribution in [0.25, 0.3) is 0 Å². The SMILES string of the molecule is CNS(=O)(=O)c1c(C)n(C)c(=O)n(C)c1=O. The van der Waals surface area contributed by atoms with Crippen LogP contribution < -0.4 is 16.0 Å². The summed E-state index contributed by atoms with van der Waals surface area (Å²) in [5, 5.41) is 0.